The molecule has 0 radical (unpaired) electrons. The van der Waals surface area contributed by atoms with Crippen molar-refractivity contribution < 1.29 is 9.53 Å². The van der Waals surface area contributed by atoms with Crippen molar-refractivity contribution in [3.8, 4) is 0 Å². The zero-order chi connectivity index (χ0) is 9.14. The molecule has 0 saturated heterocycles. The Balaban J connectivity index is 3.13. The van der Waals surface area contributed by atoms with Gasteiger partial charge in [-0.05, 0) is 6.07 Å². The molecule has 1 heterocycles. The van der Waals surface area contributed by atoms with Gasteiger partial charge in [0.1, 0.15) is 5.02 Å². The number of halogens is 1. The number of nitrogens with zero attached hydrogens (tertiary/aromatic N) is 1. The van der Waals surface area contributed by atoms with Gasteiger partial charge < -0.3 is 4.74 Å². The molecule has 0 amide bonds. The molecule has 0 spiro atoms. The highest BCUT2D eigenvalue weighted by atomic mass is 35.5. The fraction of sp³-hybridized carbons (Fsp3) is 0.167. The minimum absolute atomic E-state index is 0.0258. The number of hydrogen-bond donors (Lipinski definition) is 1. The first-order chi connectivity index (χ1) is 5.65. The van der Waals surface area contributed by atoms with Crippen molar-refractivity contribution in [1.29, 1.82) is 0 Å². The molecule has 1 N–H and O–H groups in total. The number of carbonyl (C=O) groups excluding carboxylic acids is 1. The molecule has 0 aliphatic carbocycles. The second kappa shape index (κ2) is 3.36. The summed E-state index contributed by atoms with van der Waals surface area (Å²) in [6, 6.07) is 1.15. The van der Waals surface area contributed by atoms with Crippen LogP contribution in [0.4, 0.5) is 0 Å². The van der Waals surface area contributed by atoms with E-state index in [1.807, 2.05) is 5.10 Å². The van der Waals surface area contributed by atoms with Gasteiger partial charge in [-0.25, -0.2) is 9.89 Å². The smallest absolute Gasteiger partial charge is 0.358 e. The highest BCUT2D eigenvalue weighted by Crippen LogP contribution is 2.01. The maximum absolute atomic E-state index is 10.8. The van der Waals surface area contributed by atoms with Crippen molar-refractivity contribution >= 4 is 17.6 Å². The Labute approximate surface area is 72.3 Å². The minimum atomic E-state index is -0.645. The van der Waals surface area contributed by atoms with Gasteiger partial charge >= 0.3 is 5.97 Å². The van der Waals surface area contributed by atoms with Crippen molar-refractivity contribution in [2.45, 2.75) is 0 Å². The fourth-order valence-electron chi connectivity index (χ4n) is 0.591. The van der Waals surface area contributed by atoms with Crippen LogP contribution < -0.4 is 5.56 Å². The molecule has 0 aliphatic heterocycles. The number of rotatable bonds is 1. The summed E-state index contributed by atoms with van der Waals surface area (Å²) in [4.78, 5) is 21.5. The molecule has 12 heavy (non-hydrogen) atoms. The van der Waals surface area contributed by atoms with E-state index in [9.17, 15) is 9.59 Å². The molecule has 1 aromatic rings. The number of hydrogen-bond acceptors (Lipinski definition) is 4. The SMILES string of the molecule is COC(=O)c1cc(Cl)c(=O)[nH]n1. The summed E-state index contributed by atoms with van der Waals surface area (Å²) in [6.07, 6.45) is 0. The highest BCUT2D eigenvalue weighted by molar-refractivity contribution is 6.30. The van der Waals surface area contributed by atoms with Crippen LogP contribution in [-0.4, -0.2) is 23.3 Å². The number of methoxy groups -OCH3 is 1. The standard InChI is InChI=1S/C6H5ClN2O3/c1-12-6(11)4-2-3(7)5(10)9-8-4/h2H,1H3,(H,9,10). The normalized spacial score (nSPS) is 9.50. The van der Waals surface area contributed by atoms with Crippen LogP contribution in [0.2, 0.25) is 5.02 Å². The molecule has 0 aliphatic rings. The van der Waals surface area contributed by atoms with E-state index >= 15 is 0 Å². The van der Waals surface area contributed by atoms with E-state index in [1.54, 1.807) is 0 Å². The van der Waals surface area contributed by atoms with E-state index in [-0.39, 0.29) is 10.7 Å². The maximum Gasteiger partial charge on any atom is 0.358 e. The van der Waals surface area contributed by atoms with E-state index < -0.39 is 11.5 Å². The van der Waals surface area contributed by atoms with Crippen LogP contribution in [0.25, 0.3) is 0 Å². The van der Waals surface area contributed by atoms with E-state index in [1.165, 1.54) is 7.11 Å². The molecule has 0 unspecified atom stereocenters. The van der Waals surface area contributed by atoms with Crippen LogP contribution in [0.5, 0.6) is 0 Å². The summed E-state index contributed by atoms with van der Waals surface area (Å²) in [6.45, 7) is 0. The first kappa shape index (κ1) is 8.73. The number of aromatic amines is 1. The van der Waals surface area contributed by atoms with Crippen LogP contribution >= 0.6 is 11.6 Å². The number of carbonyl (C=O) groups is 1. The topological polar surface area (TPSA) is 72.1 Å². The molecule has 1 rings (SSSR count). The van der Waals surface area contributed by atoms with E-state index in [0.717, 1.165) is 6.07 Å². The predicted octanol–water partition coefficient (Wildman–Crippen LogP) is 0.210. The molecular weight excluding hydrogens is 184 g/mol. The Kier molecular flexibility index (Phi) is 2.44. The Hall–Kier alpha value is -1.36. The van der Waals surface area contributed by atoms with Crippen molar-refractivity contribution in [2.24, 2.45) is 0 Å². The summed E-state index contributed by atoms with van der Waals surface area (Å²) in [5.41, 5.74) is -0.564. The summed E-state index contributed by atoms with van der Waals surface area (Å²) in [5, 5.41) is 5.37. The summed E-state index contributed by atoms with van der Waals surface area (Å²) >= 11 is 5.42. The lowest BCUT2D eigenvalue weighted by Crippen LogP contribution is -2.14. The van der Waals surface area contributed by atoms with Crippen molar-refractivity contribution in [3.63, 3.8) is 0 Å². The van der Waals surface area contributed by atoms with Crippen LogP contribution in [0.1, 0.15) is 10.5 Å². The second-order valence-corrected chi connectivity index (χ2v) is 2.33. The monoisotopic (exact) mass is 188 g/mol. The molecule has 0 fully saturated rings. The molecule has 0 atom stereocenters. The molecule has 0 bridgehead atoms. The van der Waals surface area contributed by atoms with Gasteiger partial charge in [0, 0.05) is 0 Å². The number of ether oxygens (including phenoxy) is 1. The molecule has 1 aromatic heterocycles. The van der Waals surface area contributed by atoms with Crippen molar-refractivity contribution in [2.75, 3.05) is 7.11 Å². The first-order valence-electron chi connectivity index (χ1n) is 2.98. The third-order valence-corrected chi connectivity index (χ3v) is 1.43. The van der Waals surface area contributed by atoms with Gasteiger partial charge in [0.05, 0.1) is 7.11 Å². The summed E-state index contributed by atoms with van der Waals surface area (Å²) in [5.74, 6) is -0.645. The zero-order valence-corrected chi connectivity index (χ0v) is 6.88. The lowest BCUT2D eigenvalue weighted by molar-refractivity contribution is 0.0592. The lowest BCUT2D eigenvalue weighted by atomic mass is 10.4. The minimum Gasteiger partial charge on any atom is -0.464 e. The van der Waals surface area contributed by atoms with Crippen LogP contribution in [0.15, 0.2) is 10.9 Å². The molecular formula is C6H5ClN2O3. The number of nitrogens with one attached hydrogen (secondary N) is 1. The third-order valence-electron chi connectivity index (χ3n) is 1.15. The van der Waals surface area contributed by atoms with Crippen LogP contribution in [-0.2, 0) is 4.74 Å². The Morgan fingerprint density at radius 1 is 1.75 bits per heavy atom. The lowest BCUT2D eigenvalue weighted by Gasteiger charge is -1.96. The average Bonchev–Trinajstić information content (AvgIpc) is 2.08. The van der Waals surface area contributed by atoms with Gasteiger partial charge in [0.2, 0.25) is 0 Å². The predicted molar refractivity (Wildman–Crippen MR) is 41.2 cm³/mol. The fourth-order valence-corrected chi connectivity index (χ4v) is 0.737. The maximum atomic E-state index is 10.8. The zero-order valence-electron chi connectivity index (χ0n) is 6.13. The van der Waals surface area contributed by atoms with Gasteiger partial charge in [-0.2, -0.15) is 5.10 Å². The molecule has 0 aromatic carbocycles. The van der Waals surface area contributed by atoms with E-state index in [2.05, 4.69) is 9.84 Å². The van der Waals surface area contributed by atoms with E-state index in [4.69, 9.17) is 11.6 Å². The Morgan fingerprint density at radius 3 is 2.92 bits per heavy atom. The molecule has 5 nitrogen and oxygen atoms in total. The highest BCUT2D eigenvalue weighted by Gasteiger charge is 2.08. The van der Waals surface area contributed by atoms with Crippen LogP contribution in [0, 0.1) is 0 Å². The molecule has 64 valence electrons. The number of esters is 1. The molecule has 0 saturated carbocycles. The van der Waals surface area contributed by atoms with Crippen molar-refractivity contribution in [3.05, 3.63) is 27.1 Å². The van der Waals surface area contributed by atoms with Crippen LogP contribution in [0.3, 0.4) is 0 Å². The van der Waals surface area contributed by atoms with Crippen molar-refractivity contribution in [1.82, 2.24) is 10.2 Å². The quantitative estimate of drug-likeness (QED) is 0.640. The van der Waals surface area contributed by atoms with E-state index in [0.29, 0.717) is 0 Å². The first-order valence-corrected chi connectivity index (χ1v) is 3.36. The van der Waals surface area contributed by atoms with Gasteiger partial charge in [-0.15, -0.1) is 0 Å². The molecule has 6 heteroatoms. The van der Waals surface area contributed by atoms with Gasteiger partial charge in [-0.3, -0.25) is 4.79 Å². The number of H-pyrrole nitrogens is 1. The Bertz CT molecular complexity index is 360. The third kappa shape index (κ3) is 1.62. The Morgan fingerprint density at radius 2 is 2.42 bits per heavy atom. The summed E-state index contributed by atoms with van der Waals surface area (Å²) in [7, 11) is 1.21. The van der Waals surface area contributed by atoms with Gasteiger partial charge in [-0.1, -0.05) is 11.6 Å². The second-order valence-electron chi connectivity index (χ2n) is 1.92. The van der Waals surface area contributed by atoms with Gasteiger partial charge in [0.25, 0.3) is 5.56 Å². The largest absolute Gasteiger partial charge is 0.464 e. The van der Waals surface area contributed by atoms with Gasteiger partial charge in [0.15, 0.2) is 5.69 Å². The summed E-state index contributed by atoms with van der Waals surface area (Å²) < 4.78 is 4.35. The average molecular weight is 189 g/mol. The number of aromatic nitrogens is 2.